The molecule has 2 heterocycles. The van der Waals surface area contributed by atoms with Gasteiger partial charge < -0.3 is 24.1 Å². The van der Waals surface area contributed by atoms with Gasteiger partial charge in [-0.15, -0.1) is 0 Å². The molecule has 0 saturated carbocycles. The molecule has 1 aromatic carbocycles. The first-order chi connectivity index (χ1) is 12.1. The molecule has 6 heteroatoms. The normalized spacial score (nSPS) is 17.6. The Balaban J connectivity index is 1.95. The summed E-state index contributed by atoms with van der Waals surface area (Å²) in [6.45, 7) is 3.89. The second kappa shape index (κ2) is 7.25. The molecule has 1 aromatic heterocycles. The number of hydrogen-bond donors (Lipinski definition) is 1. The third kappa shape index (κ3) is 3.25. The molecule has 3 rings (SSSR count). The molecule has 25 heavy (non-hydrogen) atoms. The monoisotopic (exact) mass is 346 g/mol. The van der Waals surface area contributed by atoms with Gasteiger partial charge in [-0.3, -0.25) is 4.79 Å². The van der Waals surface area contributed by atoms with E-state index < -0.39 is 0 Å². The Bertz CT molecular complexity index is 768. The topological polar surface area (TPSA) is 63.8 Å². The highest BCUT2D eigenvalue weighted by Crippen LogP contribution is 2.44. The highest BCUT2D eigenvalue weighted by Gasteiger charge is 2.24. The second-order valence-corrected chi connectivity index (χ2v) is 6.65. The Hall–Kier alpha value is -2.37. The highest BCUT2D eigenvalue weighted by atomic mass is 16.5. The fourth-order valence-electron chi connectivity index (χ4n) is 3.66. The summed E-state index contributed by atoms with van der Waals surface area (Å²) in [5, 5.41) is 0.874. The van der Waals surface area contributed by atoms with Gasteiger partial charge in [0.25, 0.3) is 0 Å². The van der Waals surface area contributed by atoms with Crippen molar-refractivity contribution in [3.05, 3.63) is 17.8 Å². The maximum atomic E-state index is 12.7. The lowest BCUT2D eigenvalue weighted by molar-refractivity contribution is -0.132. The number of methoxy groups -OCH3 is 3. The van der Waals surface area contributed by atoms with E-state index in [-0.39, 0.29) is 5.91 Å². The average molecular weight is 346 g/mol. The van der Waals surface area contributed by atoms with Crippen molar-refractivity contribution in [3.63, 3.8) is 0 Å². The van der Waals surface area contributed by atoms with Crippen LogP contribution in [0.1, 0.15) is 25.3 Å². The number of amides is 1. The van der Waals surface area contributed by atoms with Crippen molar-refractivity contribution in [2.24, 2.45) is 5.92 Å². The maximum absolute atomic E-state index is 12.7. The Morgan fingerprint density at radius 1 is 1.24 bits per heavy atom. The molecule has 0 aliphatic carbocycles. The molecule has 1 unspecified atom stereocenters. The minimum atomic E-state index is 0.157. The van der Waals surface area contributed by atoms with Crippen molar-refractivity contribution in [3.8, 4) is 17.2 Å². The highest BCUT2D eigenvalue weighted by molar-refractivity contribution is 5.96. The summed E-state index contributed by atoms with van der Waals surface area (Å²) >= 11 is 0. The number of nitrogens with one attached hydrogen (secondary N) is 1. The zero-order chi connectivity index (χ0) is 18.0. The number of benzene rings is 1. The number of H-pyrrole nitrogens is 1. The molecule has 0 bridgehead atoms. The van der Waals surface area contributed by atoms with Gasteiger partial charge in [0.2, 0.25) is 11.7 Å². The van der Waals surface area contributed by atoms with Crippen LogP contribution >= 0.6 is 0 Å². The lowest BCUT2D eigenvalue weighted by atomic mass is 9.99. The minimum absolute atomic E-state index is 0.157. The molecular weight excluding hydrogens is 320 g/mol. The number of fused-ring (bicyclic) bond motifs is 1. The number of likely N-dealkylation sites (tertiary alicyclic amines) is 1. The van der Waals surface area contributed by atoms with E-state index in [0.717, 1.165) is 36.0 Å². The van der Waals surface area contributed by atoms with E-state index in [1.54, 1.807) is 21.3 Å². The first kappa shape index (κ1) is 17.5. The SMILES string of the molecule is COc1cc2[nH]cc(CC(=O)N3CCCC(C)C3)c2c(OC)c1OC. The number of piperidine rings is 1. The molecule has 1 fully saturated rings. The minimum Gasteiger partial charge on any atom is -0.493 e. The Morgan fingerprint density at radius 2 is 2.00 bits per heavy atom. The summed E-state index contributed by atoms with van der Waals surface area (Å²) in [4.78, 5) is 17.9. The van der Waals surface area contributed by atoms with E-state index in [2.05, 4.69) is 11.9 Å². The number of rotatable bonds is 5. The van der Waals surface area contributed by atoms with E-state index in [9.17, 15) is 4.79 Å². The molecule has 1 aliphatic heterocycles. The summed E-state index contributed by atoms with van der Waals surface area (Å²) in [6, 6.07) is 1.87. The van der Waals surface area contributed by atoms with Gasteiger partial charge in [-0.05, 0) is 24.3 Å². The lowest BCUT2D eigenvalue weighted by Gasteiger charge is -2.31. The summed E-state index contributed by atoms with van der Waals surface area (Å²) in [5.74, 6) is 2.45. The van der Waals surface area contributed by atoms with Crippen LogP contribution in [0.2, 0.25) is 0 Å². The number of carbonyl (C=O) groups is 1. The van der Waals surface area contributed by atoms with Gasteiger partial charge in [-0.25, -0.2) is 0 Å². The van der Waals surface area contributed by atoms with Gasteiger partial charge in [0.05, 0.1) is 33.3 Å². The number of aromatic amines is 1. The van der Waals surface area contributed by atoms with Crippen LogP contribution in [-0.2, 0) is 11.2 Å². The molecule has 0 spiro atoms. The number of aromatic nitrogens is 1. The van der Waals surface area contributed by atoms with Gasteiger partial charge in [0, 0.05) is 30.7 Å². The molecule has 1 amide bonds. The molecule has 1 aliphatic rings. The van der Waals surface area contributed by atoms with Crippen LogP contribution in [-0.4, -0.2) is 50.2 Å². The van der Waals surface area contributed by atoms with Crippen molar-refractivity contribution in [1.82, 2.24) is 9.88 Å². The fourth-order valence-corrected chi connectivity index (χ4v) is 3.66. The van der Waals surface area contributed by atoms with Gasteiger partial charge in [-0.1, -0.05) is 6.92 Å². The largest absolute Gasteiger partial charge is 0.493 e. The maximum Gasteiger partial charge on any atom is 0.227 e. The molecule has 0 radical (unpaired) electrons. The van der Waals surface area contributed by atoms with Crippen molar-refractivity contribution in [2.75, 3.05) is 34.4 Å². The van der Waals surface area contributed by atoms with Crippen LogP contribution < -0.4 is 14.2 Å². The van der Waals surface area contributed by atoms with Crippen molar-refractivity contribution in [1.29, 1.82) is 0 Å². The van der Waals surface area contributed by atoms with Gasteiger partial charge in [-0.2, -0.15) is 0 Å². The fraction of sp³-hybridized carbons (Fsp3) is 0.526. The second-order valence-electron chi connectivity index (χ2n) is 6.65. The van der Waals surface area contributed by atoms with Crippen molar-refractivity contribution >= 4 is 16.8 Å². The number of ether oxygens (including phenoxy) is 3. The lowest BCUT2D eigenvalue weighted by Crippen LogP contribution is -2.39. The molecule has 1 atom stereocenters. The zero-order valence-corrected chi connectivity index (χ0v) is 15.3. The Morgan fingerprint density at radius 3 is 2.64 bits per heavy atom. The van der Waals surface area contributed by atoms with Gasteiger partial charge in [0.15, 0.2) is 11.5 Å². The van der Waals surface area contributed by atoms with Crippen LogP contribution in [0.4, 0.5) is 0 Å². The molecule has 1 saturated heterocycles. The van der Waals surface area contributed by atoms with Crippen LogP contribution in [0.15, 0.2) is 12.3 Å². The number of nitrogens with zero attached hydrogens (tertiary/aromatic N) is 1. The first-order valence-electron chi connectivity index (χ1n) is 8.65. The third-order valence-electron chi connectivity index (χ3n) is 4.90. The molecule has 1 N–H and O–H groups in total. The summed E-state index contributed by atoms with van der Waals surface area (Å²) in [6.07, 6.45) is 4.49. The van der Waals surface area contributed by atoms with E-state index in [1.807, 2.05) is 17.2 Å². The molecule has 2 aromatic rings. The van der Waals surface area contributed by atoms with Crippen molar-refractivity contribution in [2.45, 2.75) is 26.2 Å². The van der Waals surface area contributed by atoms with Crippen LogP contribution in [0, 0.1) is 5.92 Å². The van der Waals surface area contributed by atoms with E-state index >= 15 is 0 Å². The number of hydrogen-bond acceptors (Lipinski definition) is 4. The number of carbonyl (C=O) groups excluding carboxylic acids is 1. The third-order valence-corrected chi connectivity index (χ3v) is 4.90. The Labute approximate surface area is 148 Å². The summed E-state index contributed by atoms with van der Waals surface area (Å²) < 4.78 is 16.4. The van der Waals surface area contributed by atoms with E-state index in [4.69, 9.17) is 14.2 Å². The summed E-state index contributed by atoms with van der Waals surface area (Å²) in [7, 11) is 4.77. The van der Waals surface area contributed by atoms with Crippen LogP contribution in [0.25, 0.3) is 10.9 Å². The van der Waals surface area contributed by atoms with Crippen LogP contribution in [0.5, 0.6) is 17.2 Å². The predicted molar refractivity (Wildman–Crippen MR) is 96.6 cm³/mol. The van der Waals surface area contributed by atoms with Gasteiger partial charge in [0.1, 0.15) is 0 Å². The van der Waals surface area contributed by atoms with E-state index in [1.165, 1.54) is 6.42 Å². The molecule has 136 valence electrons. The average Bonchev–Trinajstić information content (AvgIpc) is 3.02. The van der Waals surface area contributed by atoms with E-state index in [0.29, 0.717) is 29.6 Å². The van der Waals surface area contributed by atoms with Gasteiger partial charge >= 0.3 is 0 Å². The molecule has 6 nitrogen and oxygen atoms in total. The zero-order valence-electron chi connectivity index (χ0n) is 15.3. The van der Waals surface area contributed by atoms with Crippen LogP contribution in [0.3, 0.4) is 0 Å². The Kier molecular flexibility index (Phi) is 5.06. The predicted octanol–water partition coefficient (Wildman–Crippen LogP) is 2.99. The first-order valence-corrected chi connectivity index (χ1v) is 8.65. The standard InChI is InChI=1S/C19H26N2O4/c1-12-6-5-7-21(11-12)16(22)8-13-10-20-14-9-15(23-2)18(24-3)19(25-4)17(13)14/h9-10,12,20H,5-8,11H2,1-4H3. The smallest absolute Gasteiger partial charge is 0.227 e. The quantitative estimate of drug-likeness (QED) is 0.904. The van der Waals surface area contributed by atoms with Crippen molar-refractivity contribution < 1.29 is 19.0 Å². The summed E-state index contributed by atoms with van der Waals surface area (Å²) in [5.41, 5.74) is 1.78. The molecular formula is C19H26N2O4.